The molecule has 3 heterocycles. The van der Waals surface area contributed by atoms with E-state index in [1.54, 1.807) is 41.9 Å². The summed E-state index contributed by atoms with van der Waals surface area (Å²) in [7, 11) is -1.91. The lowest BCUT2D eigenvalue weighted by molar-refractivity contribution is 0.415. The van der Waals surface area contributed by atoms with Gasteiger partial charge < -0.3 is 9.30 Å². The summed E-state index contributed by atoms with van der Waals surface area (Å²) in [5.74, 6) is 1.55. The molecule has 31 heavy (non-hydrogen) atoms. The first-order valence-electron chi connectivity index (χ1n) is 10.1. The molecule has 1 aliphatic heterocycles. The zero-order chi connectivity index (χ0) is 21.4. The van der Waals surface area contributed by atoms with E-state index < -0.39 is 10.0 Å². The zero-order valence-corrected chi connectivity index (χ0v) is 17.9. The van der Waals surface area contributed by atoms with Crippen LogP contribution in [0, 0.1) is 0 Å². The maximum atomic E-state index is 13.1. The van der Waals surface area contributed by atoms with Crippen molar-refractivity contribution in [2.24, 2.45) is 0 Å². The van der Waals surface area contributed by atoms with Gasteiger partial charge in [-0.25, -0.2) is 18.4 Å². The van der Waals surface area contributed by atoms with Crippen LogP contribution >= 0.6 is 0 Å². The number of aromatic nitrogens is 3. The topological polar surface area (TPSA) is 77.3 Å². The van der Waals surface area contributed by atoms with Gasteiger partial charge in [0.05, 0.1) is 18.0 Å². The minimum absolute atomic E-state index is 0.0597. The van der Waals surface area contributed by atoms with Crippen LogP contribution in [0.25, 0.3) is 22.6 Å². The smallest absolute Gasteiger partial charge is 0.243 e. The van der Waals surface area contributed by atoms with E-state index in [1.165, 1.54) is 0 Å². The van der Waals surface area contributed by atoms with E-state index in [0.29, 0.717) is 24.4 Å². The van der Waals surface area contributed by atoms with Crippen LogP contribution in [-0.2, 0) is 10.0 Å². The number of pyridine rings is 1. The number of benzene rings is 2. The Labute approximate surface area is 181 Å². The molecule has 8 heteroatoms. The first-order chi connectivity index (χ1) is 15.1. The average molecular weight is 435 g/mol. The zero-order valence-electron chi connectivity index (χ0n) is 17.0. The molecule has 0 N–H and O–H groups in total. The Morgan fingerprint density at radius 2 is 1.77 bits per heavy atom. The first kappa shape index (κ1) is 19.7. The van der Waals surface area contributed by atoms with Gasteiger partial charge in [-0.05, 0) is 55.0 Å². The van der Waals surface area contributed by atoms with Crippen LogP contribution in [0.4, 0.5) is 0 Å². The van der Waals surface area contributed by atoms with Crippen molar-refractivity contribution in [2.75, 3.05) is 20.2 Å². The number of methoxy groups -OCH3 is 1. The maximum absolute atomic E-state index is 13.1. The van der Waals surface area contributed by atoms with Gasteiger partial charge in [0, 0.05) is 24.8 Å². The van der Waals surface area contributed by atoms with Gasteiger partial charge in [-0.15, -0.1) is 0 Å². The summed E-state index contributed by atoms with van der Waals surface area (Å²) in [4.78, 5) is 9.70. The van der Waals surface area contributed by atoms with E-state index in [4.69, 9.17) is 9.72 Å². The third-order valence-electron chi connectivity index (χ3n) is 5.67. The SMILES string of the molecule is COc1ccc(-c2nc3cccnc3n2[C@@H]2CCN(S(=O)(=O)c3ccccc3)C2)cc1. The number of rotatable bonds is 5. The minimum atomic E-state index is -3.54. The summed E-state index contributed by atoms with van der Waals surface area (Å²) in [6.07, 6.45) is 2.43. The van der Waals surface area contributed by atoms with Gasteiger partial charge in [-0.1, -0.05) is 18.2 Å². The van der Waals surface area contributed by atoms with Gasteiger partial charge in [0.25, 0.3) is 0 Å². The molecular formula is C23H22N4O3S. The van der Waals surface area contributed by atoms with Crippen LogP contribution in [0.15, 0.2) is 77.8 Å². The molecule has 0 bridgehead atoms. The average Bonchev–Trinajstić information content (AvgIpc) is 3.45. The number of hydrogen-bond acceptors (Lipinski definition) is 5. The Hall–Kier alpha value is -3.23. The summed E-state index contributed by atoms with van der Waals surface area (Å²) in [6, 6.07) is 20.0. The van der Waals surface area contributed by atoms with Gasteiger partial charge in [-0.2, -0.15) is 4.31 Å². The van der Waals surface area contributed by atoms with E-state index >= 15 is 0 Å². The van der Waals surface area contributed by atoms with Crippen LogP contribution in [0.5, 0.6) is 5.75 Å². The summed E-state index contributed by atoms with van der Waals surface area (Å²) in [5, 5.41) is 0. The number of hydrogen-bond donors (Lipinski definition) is 0. The third-order valence-corrected chi connectivity index (χ3v) is 7.55. The Kier molecular flexibility index (Phi) is 4.95. The lowest BCUT2D eigenvalue weighted by Crippen LogP contribution is -2.29. The molecular weight excluding hydrogens is 412 g/mol. The normalized spacial score (nSPS) is 17.3. The molecule has 1 atom stereocenters. The van der Waals surface area contributed by atoms with Crippen molar-refractivity contribution >= 4 is 21.2 Å². The third kappa shape index (κ3) is 3.47. The van der Waals surface area contributed by atoms with E-state index in [2.05, 4.69) is 9.55 Å². The molecule has 4 aromatic rings. The number of fused-ring (bicyclic) bond motifs is 1. The highest BCUT2D eigenvalue weighted by Gasteiger charge is 2.35. The molecule has 0 unspecified atom stereocenters. The van der Waals surface area contributed by atoms with Gasteiger partial charge in [0.15, 0.2) is 5.65 Å². The Balaban J connectivity index is 1.54. The monoisotopic (exact) mass is 434 g/mol. The van der Waals surface area contributed by atoms with Gasteiger partial charge in [0.2, 0.25) is 10.0 Å². The molecule has 5 rings (SSSR count). The van der Waals surface area contributed by atoms with Gasteiger partial charge in [0.1, 0.15) is 17.1 Å². The summed E-state index contributed by atoms with van der Waals surface area (Å²) >= 11 is 0. The van der Waals surface area contributed by atoms with Crippen LogP contribution < -0.4 is 4.74 Å². The van der Waals surface area contributed by atoms with Crippen LogP contribution in [0.1, 0.15) is 12.5 Å². The second kappa shape index (κ2) is 7.79. The summed E-state index contributed by atoms with van der Waals surface area (Å²) in [6.45, 7) is 0.832. The number of ether oxygens (including phenoxy) is 1. The van der Waals surface area contributed by atoms with E-state index in [1.807, 2.05) is 42.5 Å². The maximum Gasteiger partial charge on any atom is 0.243 e. The highest BCUT2D eigenvalue weighted by molar-refractivity contribution is 7.89. The Bertz CT molecular complexity index is 1320. The molecule has 0 saturated carbocycles. The predicted molar refractivity (Wildman–Crippen MR) is 118 cm³/mol. The highest BCUT2D eigenvalue weighted by atomic mass is 32.2. The Morgan fingerprint density at radius 3 is 2.52 bits per heavy atom. The molecule has 1 aliphatic rings. The van der Waals surface area contributed by atoms with Gasteiger partial charge >= 0.3 is 0 Å². The van der Waals surface area contributed by atoms with E-state index in [0.717, 1.165) is 28.3 Å². The summed E-state index contributed by atoms with van der Waals surface area (Å²) < 4.78 is 35.1. The van der Waals surface area contributed by atoms with E-state index in [-0.39, 0.29) is 6.04 Å². The van der Waals surface area contributed by atoms with Gasteiger partial charge in [-0.3, -0.25) is 0 Å². The molecule has 0 aliphatic carbocycles. The largest absolute Gasteiger partial charge is 0.497 e. The van der Waals surface area contributed by atoms with Crippen molar-refractivity contribution < 1.29 is 13.2 Å². The fraction of sp³-hybridized carbons (Fsp3) is 0.217. The van der Waals surface area contributed by atoms with Crippen molar-refractivity contribution in [3.63, 3.8) is 0 Å². The van der Waals surface area contributed by atoms with Crippen molar-refractivity contribution in [2.45, 2.75) is 17.4 Å². The first-order valence-corrected chi connectivity index (χ1v) is 11.5. The molecule has 0 radical (unpaired) electrons. The molecule has 1 saturated heterocycles. The van der Waals surface area contributed by atoms with Crippen LogP contribution in [0.3, 0.4) is 0 Å². The molecule has 0 amide bonds. The molecule has 158 valence electrons. The standard InChI is InChI=1S/C23H22N4O3S/c1-30-19-11-9-17(10-12-19)22-25-21-8-5-14-24-23(21)27(22)18-13-15-26(16-18)31(28,29)20-6-3-2-4-7-20/h2-12,14,18H,13,15-16H2,1H3/t18-/m1/s1. The second-order valence-electron chi connectivity index (χ2n) is 7.50. The molecule has 2 aromatic carbocycles. The van der Waals surface area contributed by atoms with Crippen molar-refractivity contribution in [3.8, 4) is 17.1 Å². The van der Waals surface area contributed by atoms with Crippen molar-refractivity contribution in [1.29, 1.82) is 0 Å². The number of sulfonamides is 1. The lowest BCUT2D eigenvalue weighted by atomic mass is 10.2. The minimum Gasteiger partial charge on any atom is -0.497 e. The lowest BCUT2D eigenvalue weighted by Gasteiger charge is -2.19. The highest BCUT2D eigenvalue weighted by Crippen LogP contribution is 2.34. The molecule has 1 fully saturated rings. The van der Waals surface area contributed by atoms with Crippen LogP contribution in [0.2, 0.25) is 0 Å². The second-order valence-corrected chi connectivity index (χ2v) is 9.44. The van der Waals surface area contributed by atoms with Crippen molar-refractivity contribution in [3.05, 3.63) is 72.9 Å². The fourth-order valence-corrected chi connectivity index (χ4v) is 5.61. The Morgan fingerprint density at radius 1 is 1.00 bits per heavy atom. The molecule has 0 spiro atoms. The quantitative estimate of drug-likeness (QED) is 0.478. The van der Waals surface area contributed by atoms with Crippen molar-refractivity contribution in [1.82, 2.24) is 18.8 Å². The van der Waals surface area contributed by atoms with E-state index in [9.17, 15) is 8.42 Å². The molecule has 2 aromatic heterocycles. The fourth-order valence-electron chi connectivity index (χ4n) is 4.10. The number of imidazole rings is 1. The number of nitrogens with zero attached hydrogens (tertiary/aromatic N) is 4. The van der Waals surface area contributed by atoms with Crippen LogP contribution in [-0.4, -0.2) is 47.5 Å². The summed E-state index contributed by atoms with van der Waals surface area (Å²) in [5.41, 5.74) is 2.48. The predicted octanol–water partition coefficient (Wildman–Crippen LogP) is 3.74. The molecule has 7 nitrogen and oxygen atoms in total.